The van der Waals surface area contributed by atoms with E-state index < -0.39 is 10.1 Å². The molecule has 0 aromatic rings. The van der Waals surface area contributed by atoms with Gasteiger partial charge in [-0.15, -0.1) is 0 Å². The predicted octanol–water partition coefficient (Wildman–Crippen LogP) is -0.0510. The van der Waals surface area contributed by atoms with E-state index in [0.29, 0.717) is 26.2 Å². The maximum atomic E-state index is 10.9. The van der Waals surface area contributed by atoms with Crippen LogP contribution in [0.2, 0.25) is 0 Å². The summed E-state index contributed by atoms with van der Waals surface area (Å²) in [5.74, 6) is -0.389. The van der Waals surface area contributed by atoms with Gasteiger partial charge in [-0.3, -0.25) is 4.18 Å². The first-order valence-corrected chi connectivity index (χ1v) is 7.43. The van der Waals surface area contributed by atoms with Crippen molar-refractivity contribution < 1.29 is 31.6 Å². The molecule has 0 rings (SSSR count). The highest BCUT2D eigenvalue weighted by Crippen LogP contribution is 1.90. The Morgan fingerprint density at radius 1 is 1.06 bits per heavy atom. The Hall–Kier alpha value is -0.700. The van der Waals surface area contributed by atoms with Crippen LogP contribution in [0, 0.1) is 0 Å². The summed E-state index contributed by atoms with van der Waals surface area (Å²) in [7, 11) is -3.40. The van der Waals surface area contributed by atoms with Crippen molar-refractivity contribution in [3.63, 3.8) is 0 Å². The van der Waals surface area contributed by atoms with Gasteiger partial charge in [-0.1, -0.05) is 0 Å². The van der Waals surface area contributed by atoms with E-state index >= 15 is 0 Å². The molecule has 0 saturated heterocycles. The van der Waals surface area contributed by atoms with Crippen LogP contribution in [0.5, 0.6) is 0 Å². The summed E-state index contributed by atoms with van der Waals surface area (Å²) in [5.41, 5.74) is 0. The van der Waals surface area contributed by atoms with E-state index in [1.54, 1.807) is 6.92 Å². The van der Waals surface area contributed by atoms with Crippen molar-refractivity contribution in [1.82, 2.24) is 0 Å². The molecule has 0 amide bonds. The van der Waals surface area contributed by atoms with E-state index in [1.807, 2.05) is 0 Å². The first-order chi connectivity index (χ1) is 8.45. The van der Waals surface area contributed by atoms with Gasteiger partial charge in [0.2, 0.25) is 0 Å². The van der Waals surface area contributed by atoms with E-state index in [2.05, 4.69) is 8.92 Å². The van der Waals surface area contributed by atoms with Crippen LogP contribution in [0.3, 0.4) is 0 Å². The van der Waals surface area contributed by atoms with Gasteiger partial charge in [0, 0.05) is 13.2 Å². The lowest BCUT2D eigenvalue weighted by Crippen LogP contribution is -2.14. The molecule has 0 fully saturated rings. The molecule has 0 aliphatic heterocycles. The predicted molar refractivity (Wildman–Crippen MR) is 63.7 cm³/mol. The molecular weight excluding hydrogens is 264 g/mol. The molecule has 0 aromatic carbocycles. The number of hydrogen-bond acceptors (Lipinski definition) is 7. The molecule has 7 nitrogen and oxygen atoms in total. The molecule has 108 valence electrons. The van der Waals surface area contributed by atoms with Crippen molar-refractivity contribution in [2.75, 3.05) is 45.9 Å². The molecule has 8 heteroatoms. The molecule has 0 heterocycles. The largest absolute Gasteiger partial charge is 0.464 e. The fourth-order valence-electron chi connectivity index (χ4n) is 0.968. The second-order valence-corrected chi connectivity index (χ2v) is 4.99. The van der Waals surface area contributed by atoms with E-state index in [-0.39, 0.29) is 25.8 Å². The fourth-order valence-corrected chi connectivity index (χ4v) is 1.34. The van der Waals surface area contributed by atoms with Gasteiger partial charge in [0.25, 0.3) is 10.1 Å². The second kappa shape index (κ2) is 10.2. The second-order valence-electron chi connectivity index (χ2n) is 3.35. The molecule has 0 bridgehead atoms. The summed E-state index contributed by atoms with van der Waals surface area (Å²) in [5, 5.41) is 0. The van der Waals surface area contributed by atoms with Gasteiger partial charge in [-0.2, -0.15) is 8.42 Å². The van der Waals surface area contributed by atoms with Gasteiger partial charge < -0.3 is 14.2 Å². The molecule has 0 radical (unpaired) electrons. The monoisotopic (exact) mass is 284 g/mol. The van der Waals surface area contributed by atoms with E-state index in [9.17, 15) is 13.2 Å². The molecule has 0 saturated carbocycles. The topological polar surface area (TPSA) is 88.1 Å². The van der Waals surface area contributed by atoms with Gasteiger partial charge in [0.1, 0.15) is 6.61 Å². The van der Waals surface area contributed by atoms with Gasteiger partial charge >= 0.3 is 5.97 Å². The summed E-state index contributed by atoms with van der Waals surface area (Å²) in [6.45, 7) is 3.00. The lowest BCUT2D eigenvalue weighted by atomic mass is 10.5. The molecule has 0 unspecified atom stereocenters. The number of esters is 1. The highest BCUT2D eigenvalue weighted by Gasteiger charge is 2.01. The maximum absolute atomic E-state index is 10.9. The average molecular weight is 284 g/mol. The van der Waals surface area contributed by atoms with Gasteiger partial charge in [-0.25, -0.2) is 4.79 Å². The zero-order valence-electron chi connectivity index (χ0n) is 10.7. The molecular formula is C10H20O7S. The third-order valence-electron chi connectivity index (χ3n) is 1.63. The Morgan fingerprint density at radius 3 is 2.33 bits per heavy atom. The first-order valence-electron chi connectivity index (χ1n) is 5.61. The van der Waals surface area contributed by atoms with Crippen LogP contribution >= 0.6 is 0 Å². The van der Waals surface area contributed by atoms with Crippen LogP contribution in [0.25, 0.3) is 0 Å². The van der Waals surface area contributed by atoms with E-state index in [0.717, 1.165) is 6.26 Å². The minimum Gasteiger partial charge on any atom is -0.464 e. The van der Waals surface area contributed by atoms with Crippen molar-refractivity contribution in [3.05, 3.63) is 0 Å². The number of ether oxygens (including phenoxy) is 3. The minimum absolute atomic E-state index is 0.00250. The average Bonchev–Trinajstić information content (AvgIpc) is 2.25. The Morgan fingerprint density at radius 2 is 1.72 bits per heavy atom. The van der Waals surface area contributed by atoms with E-state index in [1.165, 1.54) is 0 Å². The number of hydrogen-bond donors (Lipinski definition) is 0. The summed E-state index contributed by atoms with van der Waals surface area (Å²) < 4.78 is 40.4. The van der Waals surface area contributed by atoms with Crippen molar-refractivity contribution >= 4 is 16.1 Å². The molecule has 0 aliphatic carbocycles. The molecule has 0 atom stereocenters. The number of rotatable bonds is 11. The highest BCUT2D eigenvalue weighted by atomic mass is 32.2. The molecule has 18 heavy (non-hydrogen) atoms. The van der Waals surface area contributed by atoms with Crippen LogP contribution in [-0.2, 0) is 33.3 Å². The zero-order valence-corrected chi connectivity index (χ0v) is 11.5. The van der Waals surface area contributed by atoms with Crippen LogP contribution in [0.1, 0.15) is 13.3 Å². The van der Waals surface area contributed by atoms with Crippen LogP contribution in [0.15, 0.2) is 0 Å². The van der Waals surface area contributed by atoms with Crippen LogP contribution in [-0.4, -0.2) is 60.3 Å². The van der Waals surface area contributed by atoms with Crippen LogP contribution in [0.4, 0.5) is 0 Å². The molecule has 0 N–H and O–H groups in total. The Labute approximate surface area is 107 Å². The Balaban J connectivity index is 3.19. The van der Waals surface area contributed by atoms with Crippen molar-refractivity contribution in [1.29, 1.82) is 0 Å². The van der Waals surface area contributed by atoms with Crippen molar-refractivity contribution in [3.8, 4) is 0 Å². The summed E-state index contributed by atoms with van der Waals surface area (Å²) >= 11 is 0. The fraction of sp³-hybridized carbons (Fsp3) is 0.900. The number of carbonyl (C=O) groups excluding carboxylic acids is 1. The SMILES string of the molecule is CCOC(=O)COCCCOCCOS(C)(=O)=O. The van der Waals surface area contributed by atoms with Crippen molar-refractivity contribution in [2.45, 2.75) is 13.3 Å². The van der Waals surface area contributed by atoms with Gasteiger partial charge in [0.15, 0.2) is 0 Å². The molecule has 0 aromatic heterocycles. The third kappa shape index (κ3) is 13.4. The van der Waals surface area contributed by atoms with Crippen molar-refractivity contribution in [2.24, 2.45) is 0 Å². The summed E-state index contributed by atoms with van der Waals surface area (Å²) in [6.07, 6.45) is 1.59. The lowest BCUT2D eigenvalue weighted by Gasteiger charge is -2.05. The summed E-state index contributed by atoms with van der Waals surface area (Å²) in [4.78, 5) is 10.9. The third-order valence-corrected chi connectivity index (χ3v) is 2.22. The first kappa shape index (κ1) is 17.3. The standard InChI is InChI=1S/C10H20O7S/c1-3-16-10(11)9-15-6-4-5-14-7-8-17-18(2,12)13/h3-9H2,1-2H3. The minimum atomic E-state index is -3.40. The Bertz CT molecular complexity index is 312. The zero-order chi connectivity index (χ0) is 13.9. The number of carbonyl (C=O) groups is 1. The summed E-state index contributed by atoms with van der Waals surface area (Å²) in [6, 6.07) is 0. The lowest BCUT2D eigenvalue weighted by molar-refractivity contribution is -0.148. The molecule has 0 aliphatic rings. The Kier molecular flexibility index (Phi) is 9.85. The highest BCUT2D eigenvalue weighted by molar-refractivity contribution is 7.85. The van der Waals surface area contributed by atoms with Gasteiger partial charge in [0.05, 0.1) is 26.1 Å². The maximum Gasteiger partial charge on any atom is 0.332 e. The quantitative estimate of drug-likeness (QED) is 0.298. The smallest absolute Gasteiger partial charge is 0.332 e. The van der Waals surface area contributed by atoms with Crippen LogP contribution < -0.4 is 0 Å². The normalized spacial score (nSPS) is 11.4. The van der Waals surface area contributed by atoms with E-state index in [4.69, 9.17) is 9.47 Å². The van der Waals surface area contributed by atoms with Gasteiger partial charge in [-0.05, 0) is 13.3 Å². The molecule has 0 spiro atoms.